The second kappa shape index (κ2) is 3.42. The number of carbonyl (C=O) groups excluding carboxylic acids is 1. The number of rotatable bonds is 1. The molecule has 0 bridgehead atoms. The Morgan fingerprint density at radius 1 is 1.57 bits per heavy atom. The molecule has 0 radical (unpaired) electrons. The van der Waals surface area contributed by atoms with Gasteiger partial charge in [0, 0.05) is 0 Å². The molecule has 0 spiro atoms. The monoisotopic (exact) mass is 255 g/mol. The van der Waals surface area contributed by atoms with E-state index < -0.39 is 0 Å². The van der Waals surface area contributed by atoms with E-state index in [0.29, 0.717) is 15.7 Å². The van der Waals surface area contributed by atoms with Crippen molar-refractivity contribution in [1.82, 2.24) is 5.16 Å². The smallest absolute Gasteiger partial charge is 0.337 e. The number of hydrogen-bond acceptors (Lipinski definition) is 4. The van der Waals surface area contributed by atoms with Crippen LogP contribution in [-0.4, -0.2) is 18.2 Å². The van der Waals surface area contributed by atoms with Crippen LogP contribution in [0.2, 0.25) is 0 Å². The molecule has 0 fully saturated rings. The zero-order valence-electron chi connectivity index (χ0n) is 7.28. The summed E-state index contributed by atoms with van der Waals surface area (Å²) >= 11 is 3.22. The SMILES string of the molecule is COC(=O)c1ccc2c(Br)noc2c1. The molecule has 0 amide bonds. The zero-order valence-corrected chi connectivity index (χ0v) is 8.87. The Morgan fingerprint density at radius 2 is 2.36 bits per heavy atom. The first-order valence-corrected chi connectivity index (χ1v) is 4.65. The number of hydrogen-bond donors (Lipinski definition) is 0. The van der Waals surface area contributed by atoms with Crippen LogP contribution in [0.25, 0.3) is 11.0 Å². The number of carbonyl (C=O) groups is 1. The Morgan fingerprint density at radius 3 is 3.07 bits per heavy atom. The predicted octanol–water partition coefficient (Wildman–Crippen LogP) is 2.38. The standard InChI is InChI=1S/C9H6BrNO3/c1-13-9(12)5-2-3-6-7(4-5)14-11-8(6)10/h2-4H,1H3. The lowest BCUT2D eigenvalue weighted by Gasteiger charge is -1.96. The highest BCUT2D eigenvalue weighted by molar-refractivity contribution is 9.10. The number of benzene rings is 1. The molecule has 0 N–H and O–H groups in total. The third kappa shape index (κ3) is 1.39. The van der Waals surface area contributed by atoms with Gasteiger partial charge >= 0.3 is 5.97 Å². The maximum absolute atomic E-state index is 11.2. The minimum absolute atomic E-state index is 0.389. The minimum atomic E-state index is -0.389. The van der Waals surface area contributed by atoms with Crippen molar-refractivity contribution in [2.75, 3.05) is 7.11 Å². The molecule has 0 aliphatic rings. The van der Waals surface area contributed by atoms with E-state index in [1.807, 2.05) is 0 Å². The Kier molecular flexibility index (Phi) is 2.25. The summed E-state index contributed by atoms with van der Waals surface area (Å²) in [4.78, 5) is 11.2. The van der Waals surface area contributed by atoms with E-state index in [0.717, 1.165) is 5.39 Å². The van der Waals surface area contributed by atoms with Crippen LogP contribution in [0.15, 0.2) is 27.3 Å². The number of fused-ring (bicyclic) bond motifs is 1. The Bertz CT molecular complexity index is 492. The molecule has 0 saturated heterocycles. The quantitative estimate of drug-likeness (QED) is 0.735. The van der Waals surface area contributed by atoms with Crippen LogP contribution in [0, 0.1) is 0 Å². The third-order valence-electron chi connectivity index (χ3n) is 1.85. The van der Waals surface area contributed by atoms with E-state index in [-0.39, 0.29) is 5.97 Å². The van der Waals surface area contributed by atoms with E-state index in [4.69, 9.17) is 4.52 Å². The van der Waals surface area contributed by atoms with Crippen molar-refractivity contribution in [2.45, 2.75) is 0 Å². The van der Waals surface area contributed by atoms with Crippen LogP contribution in [0.3, 0.4) is 0 Å². The summed E-state index contributed by atoms with van der Waals surface area (Å²) in [6, 6.07) is 5.01. The fourth-order valence-corrected chi connectivity index (χ4v) is 1.55. The lowest BCUT2D eigenvalue weighted by molar-refractivity contribution is 0.0601. The normalized spacial score (nSPS) is 10.4. The van der Waals surface area contributed by atoms with Crippen molar-refractivity contribution in [1.29, 1.82) is 0 Å². The van der Waals surface area contributed by atoms with E-state index in [1.54, 1.807) is 18.2 Å². The summed E-state index contributed by atoms with van der Waals surface area (Å²) in [5.74, 6) is -0.389. The summed E-state index contributed by atoms with van der Waals surface area (Å²) in [6.07, 6.45) is 0. The molecule has 2 rings (SSSR count). The highest BCUT2D eigenvalue weighted by Gasteiger charge is 2.10. The summed E-state index contributed by atoms with van der Waals surface area (Å²) < 4.78 is 10.2. The van der Waals surface area contributed by atoms with Crippen molar-refractivity contribution < 1.29 is 14.1 Å². The van der Waals surface area contributed by atoms with Gasteiger partial charge in [-0.3, -0.25) is 0 Å². The zero-order chi connectivity index (χ0) is 10.1. The Balaban J connectivity index is 2.57. The topological polar surface area (TPSA) is 52.3 Å². The fourth-order valence-electron chi connectivity index (χ4n) is 1.15. The van der Waals surface area contributed by atoms with Gasteiger partial charge in [0.15, 0.2) is 10.2 Å². The average molecular weight is 256 g/mol. The lowest BCUT2D eigenvalue weighted by atomic mass is 10.2. The van der Waals surface area contributed by atoms with Gasteiger partial charge in [-0.05, 0) is 34.1 Å². The molecule has 72 valence electrons. The molecule has 1 aromatic heterocycles. The first kappa shape index (κ1) is 9.21. The van der Waals surface area contributed by atoms with Crippen LogP contribution in [0.1, 0.15) is 10.4 Å². The largest absolute Gasteiger partial charge is 0.465 e. The van der Waals surface area contributed by atoms with Gasteiger partial charge in [0.25, 0.3) is 0 Å². The number of halogens is 1. The second-order valence-corrected chi connectivity index (χ2v) is 3.43. The molecule has 0 aliphatic carbocycles. The Hall–Kier alpha value is -1.36. The van der Waals surface area contributed by atoms with Crippen LogP contribution in [0.5, 0.6) is 0 Å². The van der Waals surface area contributed by atoms with Gasteiger partial charge in [-0.1, -0.05) is 5.16 Å². The molecule has 0 atom stereocenters. The average Bonchev–Trinajstić information content (AvgIpc) is 2.59. The molecule has 1 aromatic carbocycles. The van der Waals surface area contributed by atoms with Gasteiger partial charge in [-0.25, -0.2) is 4.79 Å². The maximum atomic E-state index is 11.2. The van der Waals surface area contributed by atoms with Crippen LogP contribution < -0.4 is 0 Å². The van der Waals surface area contributed by atoms with Gasteiger partial charge in [0.1, 0.15) is 0 Å². The number of esters is 1. The minimum Gasteiger partial charge on any atom is -0.465 e. The number of ether oxygens (including phenoxy) is 1. The van der Waals surface area contributed by atoms with Crippen LogP contribution in [-0.2, 0) is 4.74 Å². The first-order chi connectivity index (χ1) is 6.72. The summed E-state index contributed by atoms with van der Waals surface area (Å²) in [5.41, 5.74) is 1.00. The molecular weight excluding hydrogens is 250 g/mol. The van der Waals surface area contributed by atoms with Crippen LogP contribution in [0.4, 0.5) is 0 Å². The molecule has 14 heavy (non-hydrogen) atoms. The van der Waals surface area contributed by atoms with Gasteiger partial charge < -0.3 is 9.26 Å². The van der Waals surface area contributed by atoms with Gasteiger partial charge in [0.05, 0.1) is 18.1 Å². The molecule has 5 heteroatoms. The van der Waals surface area contributed by atoms with E-state index >= 15 is 0 Å². The van der Waals surface area contributed by atoms with E-state index in [1.165, 1.54) is 7.11 Å². The lowest BCUT2D eigenvalue weighted by Crippen LogP contribution is -1.99. The molecule has 0 saturated carbocycles. The van der Waals surface area contributed by atoms with Gasteiger partial charge in [-0.2, -0.15) is 0 Å². The highest BCUT2D eigenvalue weighted by Crippen LogP contribution is 2.23. The van der Waals surface area contributed by atoms with Crippen molar-refractivity contribution in [3.63, 3.8) is 0 Å². The number of aromatic nitrogens is 1. The van der Waals surface area contributed by atoms with Crippen molar-refractivity contribution in [3.05, 3.63) is 28.4 Å². The summed E-state index contributed by atoms with van der Waals surface area (Å²) in [6.45, 7) is 0. The molecule has 1 heterocycles. The van der Waals surface area contributed by atoms with E-state index in [9.17, 15) is 4.79 Å². The molecule has 2 aromatic rings. The molecule has 4 nitrogen and oxygen atoms in total. The summed E-state index contributed by atoms with van der Waals surface area (Å²) in [7, 11) is 1.34. The van der Waals surface area contributed by atoms with Gasteiger partial charge in [-0.15, -0.1) is 0 Å². The van der Waals surface area contributed by atoms with Crippen molar-refractivity contribution >= 4 is 32.9 Å². The fraction of sp³-hybridized carbons (Fsp3) is 0.111. The predicted molar refractivity (Wildman–Crippen MR) is 53.0 cm³/mol. The maximum Gasteiger partial charge on any atom is 0.337 e. The van der Waals surface area contributed by atoms with Gasteiger partial charge in [0.2, 0.25) is 0 Å². The van der Waals surface area contributed by atoms with Crippen LogP contribution >= 0.6 is 15.9 Å². The third-order valence-corrected chi connectivity index (χ3v) is 2.42. The number of nitrogens with zero attached hydrogens (tertiary/aromatic N) is 1. The summed E-state index contributed by atoms with van der Waals surface area (Å²) in [5, 5.41) is 4.54. The second-order valence-electron chi connectivity index (χ2n) is 2.68. The first-order valence-electron chi connectivity index (χ1n) is 3.85. The van der Waals surface area contributed by atoms with Crippen molar-refractivity contribution in [2.24, 2.45) is 0 Å². The van der Waals surface area contributed by atoms with Crippen molar-refractivity contribution in [3.8, 4) is 0 Å². The number of methoxy groups -OCH3 is 1. The molecule has 0 aliphatic heterocycles. The van der Waals surface area contributed by atoms with E-state index in [2.05, 4.69) is 25.8 Å². The molecular formula is C9H6BrNO3. The highest BCUT2D eigenvalue weighted by atomic mass is 79.9. The molecule has 0 unspecified atom stereocenters. The Labute approximate surface area is 88.0 Å².